The molecule has 9 nitrogen and oxygen atoms in total. The zero-order valence-corrected chi connectivity index (χ0v) is 20.8. The monoisotopic (exact) mass is 494 g/mol. The van der Waals surface area contributed by atoms with Crippen molar-refractivity contribution in [3.05, 3.63) is 102 Å². The Balaban J connectivity index is 1.44. The smallest absolute Gasteiger partial charge is 0.266 e. The van der Waals surface area contributed by atoms with E-state index in [0.717, 1.165) is 17.8 Å². The van der Waals surface area contributed by atoms with Crippen LogP contribution in [0.4, 0.5) is 0 Å². The summed E-state index contributed by atoms with van der Waals surface area (Å²) in [5.41, 5.74) is 4.02. The first-order valence-corrected chi connectivity index (χ1v) is 11.9. The van der Waals surface area contributed by atoms with E-state index >= 15 is 0 Å². The molecular formula is C28H26N6O3. The van der Waals surface area contributed by atoms with Crippen molar-refractivity contribution in [3.8, 4) is 23.2 Å². The lowest BCUT2D eigenvalue weighted by molar-refractivity contribution is 0.0783. The molecule has 1 amide bonds. The quantitative estimate of drug-likeness (QED) is 0.293. The first-order valence-electron chi connectivity index (χ1n) is 11.9. The summed E-state index contributed by atoms with van der Waals surface area (Å²) in [4.78, 5) is 28.3. The molecule has 1 aromatic carbocycles. The Morgan fingerprint density at radius 3 is 2.49 bits per heavy atom. The third kappa shape index (κ3) is 5.61. The number of aromatic nitrogens is 5. The number of nitrogens with zero attached hydrogens (tertiary/aromatic N) is 6. The number of hydrogen-bond acceptors (Lipinski definition) is 8. The summed E-state index contributed by atoms with van der Waals surface area (Å²) in [6.45, 7) is 4.31. The van der Waals surface area contributed by atoms with Crippen LogP contribution in [-0.4, -0.2) is 43.0 Å². The summed E-state index contributed by atoms with van der Waals surface area (Å²) >= 11 is 0. The number of benzene rings is 1. The van der Waals surface area contributed by atoms with Crippen molar-refractivity contribution in [1.29, 1.82) is 0 Å². The largest absolute Gasteiger partial charge is 0.443 e. The fourth-order valence-corrected chi connectivity index (χ4v) is 4.04. The molecule has 4 heterocycles. The molecule has 5 rings (SSSR count). The molecular weight excluding hydrogens is 468 g/mol. The third-order valence-corrected chi connectivity index (χ3v) is 5.88. The highest BCUT2D eigenvalue weighted by Crippen LogP contribution is 2.27. The fourth-order valence-electron chi connectivity index (χ4n) is 4.04. The van der Waals surface area contributed by atoms with Gasteiger partial charge in [-0.25, -0.2) is 9.97 Å². The summed E-state index contributed by atoms with van der Waals surface area (Å²) in [5.74, 6) is 0.804. The molecule has 0 N–H and O–H groups in total. The number of oxazole rings is 1. The van der Waals surface area contributed by atoms with E-state index in [1.165, 1.54) is 18.0 Å². The molecule has 0 fully saturated rings. The van der Waals surface area contributed by atoms with Crippen LogP contribution < -0.4 is 0 Å². The molecule has 5 aromatic rings. The van der Waals surface area contributed by atoms with E-state index < -0.39 is 0 Å². The van der Waals surface area contributed by atoms with Crippen LogP contribution in [0.15, 0.2) is 82.0 Å². The van der Waals surface area contributed by atoms with Crippen LogP contribution in [0.3, 0.4) is 0 Å². The van der Waals surface area contributed by atoms with Gasteiger partial charge >= 0.3 is 0 Å². The average Bonchev–Trinajstić information content (AvgIpc) is 3.62. The molecule has 0 radical (unpaired) electrons. The van der Waals surface area contributed by atoms with Crippen LogP contribution >= 0.6 is 0 Å². The van der Waals surface area contributed by atoms with Crippen LogP contribution in [0.25, 0.3) is 23.2 Å². The topological polar surface area (TPSA) is 111 Å². The lowest BCUT2D eigenvalue weighted by atomic mass is 10.0. The van der Waals surface area contributed by atoms with E-state index in [1.807, 2.05) is 50.2 Å². The normalized spacial score (nSPS) is 11.9. The second kappa shape index (κ2) is 10.5. The van der Waals surface area contributed by atoms with Gasteiger partial charge in [0.1, 0.15) is 17.7 Å². The molecule has 1 atom stereocenters. The Morgan fingerprint density at radius 2 is 1.76 bits per heavy atom. The van der Waals surface area contributed by atoms with Gasteiger partial charge in [0.25, 0.3) is 11.8 Å². The van der Waals surface area contributed by atoms with E-state index in [1.54, 1.807) is 24.1 Å². The number of aryl methyl sites for hydroxylation is 1. The molecule has 0 aliphatic rings. The summed E-state index contributed by atoms with van der Waals surface area (Å²) in [7, 11) is 1.73. The van der Waals surface area contributed by atoms with Crippen molar-refractivity contribution in [2.75, 3.05) is 7.05 Å². The molecule has 0 spiro atoms. The van der Waals surface area contributed by atoms with Gasteiger partial charge in [0.15, 0.2) is 0 Å². The highest BCUT2D eigenvalue weighted by Gasteiger charge is 2.21. The Bertz CT molecular complexity index is 1500. The van der Waals surface area contributed by atoms with Crippen LogP contribution in [0.2, 0.25) is 0 Å². The molecule has 4 aromatic heterocycles. The van der Waals surface area contributed by atoms with E-state index in [9.17, 15) is 4.79 Å². The SMILES string of the molecule is Cc1cccc(CN(C)C(=O)c2cc(-c3ncco3)nc(-c3nnc([C@@H](C)Cc4ccccc4)o3)c2)n1. The molecule has 0 unspecified atom stereocenters. The molecule has 0 saturated heterocycles. The van der Waals surface area contributed by atoms with Gasteiger partial charge in [-0.05, 0) is 43.2 Å². The van der Waals surface area contributed by atoms with Gasteiger partial charge in [-0.3, -0.25) is 9.78 Å². The highest BCUT2D eigenvalue weighted by molar-refractivity contribution is 5.95. The van der Waals surface area contributed by atoms with E-state index in [-0.39, 0.29) is 23.6 Å². The molecule has 186 valence electrons. The number of hydrogen-bond donors (Lipinski definition) is 0. The average molecular weight is 495 g/mol. The second-order valence-corrected chi connectivity index (χ2v) is 8.93. The first-order chi connectivity index (χ1) is 18.0. The Kier molecular flexibility index (Phi) is 6.85. The molecule has 37 heavy (non-hydrogen) atoms. The molecule has 0 saturated carbocycles. The maximum atomic E-state index is 13.4. The van der Waals surface area contributed by atoms with E-state index in [0.29, 0.717) is 29.4 Å². The highest BCUT2D eigenvalue weighted by atomic mass is 16.4. The molecule has 0 aliphatic carbocycles. The van der Waals surface area contributed by atoms with Gasteiger partial charge in [0, 0.05) is 24.2 Å². The van der Waals surface area contributed by atoms with Gasteiger partial charge in [-0.1, -0.05) is 43.3 Å². The van der Waals surface area contributed by atoms with Crippen molar-refractivity contribution in [2.45, 2.75) is 32.7 Å². The van der Waals surface area contributed by atoms with Crippen molar-refractivity contribution >= 4 is 5.91 Å². The fraction of sp³-hybridized carbons (Fsp3) is 0.214. The summed E-state index contributed by atoms with van der Waals surface area (Å²) < 4.78 is 11.5. The Labute approximate surface area is 214 Å². The predicted octanol–water partition coefficient (Wildman–Crippen LogP) is 5.11. The first kappa shape index (κ1) is 24.1. The second-order valence-electron chi connectivity index (χ2n) is 8.93. The summed E-state index contributed by atoms with van der Waals surface area (Å²) in [5, 5.41) is 8.48. The van der Waals surface area contributed by atoms with Crippen LogP contribution in [0, 0.1) is 6.92 Å². The third-order valence-electron chi connectivity index (χ3n) is 5.88. The van der Waals surface area contributed by atoms with Crippen LogP contribution in [0.5, 0.6) is 0 Å². The maximum absolute atomic E-state index is 13.4. The Morgan fingerprint density at radius 1 is 0.973 bits per heavy atom. The van der Waals surface area contributed by atoms with Crippen LogP contribution in [-0.2, 0) is 13.0 Å². The standard InChI is InChI=1S/C28H26N6O3/c1-18(14-20-9-5-4-6-10-20)25-32-33-27(37-25)24-16-21(15-23(31-24)26-29-12-13-36-26)28(35)34(3)17-22-11-7-8-19(2)30-22/h4-13,15-16,18H,14,17H2,1-3H3/t18-/m0/s1. The number of carbonyl (C=O) groups excluding carboxylic acids is 1. The zero-order chi connectivity index (χ0) is 25.8. The zero-order valence-electron chi connectivity index (χ0n) is 20.8. The minimum atomic E-state index is -0.211. The van der Waals surface area contributed by atoms with Gasteiger partial charge < -0.3 is 13.7 Å². The van der Waals surface area contributed by atoms with Crippen LogP contribution in [0.1, 0.15) is 46.0 Å². The van der Waals surface area contributed by atoms with Gasteiger partial charge in [-0.2, -0.15) is 0 Å². The minimum Gasteiger partial charge on any atom is -0.443 e. The number of pyridine rings is 2. The van der Waals surface area contributed by atoms with Crippen molar-refractivity contribution in [1.82, 2.24) is 30.0 Å². The van der Waals surface area contributed by atoms with Gasteiger partial charge in [-0.15, -0.1) is 10.2 Å². The number of amides is 1. The Hall–Kier alpha value is -4.66. The van der Waals surface area contributed by atoms with E-state index in [4.69, 9.17) is 8.83 Å². The van der Waals surface area contributed by atoms with Crippen molar-refractivity contribution < 1.29 is 13.6 Å². The van der Waals surface area contributed by atoms with Gasteiger partial charge in [0.2, 0.25) is 11.8 Å². The number of rotatable bonds is 8. The summed E-state index contributed by atoms with van der Waals surface area (Å²) in [6, 6.07) is 19.2. The number of carbonyl (C=O) groups is 1. The van der Waals surface area contributed by atoms with Crippen molar-refractivity contribution in [3.63, 3.8) is 0 Å². The summed E-state index contributed by atoms with van der Waals surface area (Å²) in [6.07, 6.45) is 3.74. The lowest BCUT2D eigenvalue weighted by Gasteiger charge is -2.17. The predicted molar refractivity (Wildman–Crippen MR) is 136 cm³/mol. The minimum absolute atomic E-state index is 0.00707. The maximum Gasteiger partial charge on any atom is 0.266 e. The molecule has 9 heteroatoms. The molecule has 0 aliphatic heterocycles. The van der Waals surface area contributed by atoms with Crippen molar-refractivity contribution in [2.24, 2.45) is 0 Å². The van der Waals surface area contributed by atoms with E-state index in [2.05, 4.69) is 37.3 Å². The molecule has 0 bridgehead atoms. The lowest BCUT2D eigenvalue weighted by Crippen LogP contribution is -2.27. The van der Waals surface area contributed by atoms with Gasteiger partial charge in [0.05, 0.1) is 18.4 Å².